The molecule has 2 heterocycles. The largest absolute Gasteiger partial charge is 0.307 e. The lowest BCUT2D eigenvalue weighted by Gasteiger charge is -2.20. The zero-order chi connectivity index (χ0) is 22.6. The van der Waals surface area contributed by atoms with Crippen molar-refractivity contribution in [3.05, 3.63) is 77.5 Å². The Morgan fingerprint density at radius 1 is 1.00 bits per heavy atom. The molecular formula is C24H28N4O3S. The molecule has 1 aliphatic heterocycles. The van der Waals surface area contributed by atoms with Gasteiger partial charge in [0.05, 0.1) is 17.6 Å². The molecule has 2 aromatic carbocycles. The van der Waals surface area contributed by atoms with Crippen molar-refractivity contribution in [2.24, 2.45) is 0 Å². The van der Waals surface area contributed by atoms with E-state index in [0.29, 0.717) is 31.0 Å². The number of hydrogen-bond donors (Lipinski definition) is 1. The number of carbonyl (C=O) groups is 1. The summed E-state index contributed by atoms with van der Waals surface area (Å²) in [5.74, 6) is 0.182. The summed E-state index contributed by atoms with van der Waals surface area (Å²) in [5, 5.41) is 7.18. The Morgan fingerprint density at radius 3 is 2.50 bits per heavy atom. The van der Waals surface area contributed by atoms with Crippen LogP contribution >= 0.6 is 0 Å². The fraction of sp³-hybridized carbons (Fsp3) is 0.333. The van der Waals surface area contributed by atoms with Crippen molar-refractivity contribution in [2.75, 3.05) is 18.4 Å². The molecule has 0 radical (unpaired) electrons. The van der Waals surface area contributed by atoms with Gasteiger partial charge in [-0.05, 0) is 43.5 Å². The predicted octanol–water partition coefficient (Wildman–Crippen LogP) is 4.06. The Bertz CT molecular complexity index is 1200. The zero-order valence-corrected chi connectivity index (χ0v) is 19.0. The van der Waals surface area contributed by atoms with Gasteiger partial charge in [-0.15, -0.1) is 0 Å². The lowest BCUT2D eigenvalue weighted by atomic mass is 10.1. The van der Waals surface area contributed by atoms with Gasteiger partial charge >= 0.3 is 0 Å². The quantitative estimate of drug-likeness (QED) is 0.611. The molecular weight excluding hydrogens is 424 g/mol. The topological polar surface area (TPSA) is 84.3 Å². The highest BCUT2D eigenvalue weighted by Gasteiger charge is 2.26. The molecule has 7 nitrogen and oxygen atoms in total. The summed E-state index contributed by atoms with van der Waals surface area (Å²) < 4.78 is 29.4. The van der Waals surface area contributed by atoms with E-state index in [-0.39, 0.29) is 10.8 Å². The van der Waals surface area contributed by atoms with Crippen LogP contribution in [0, 0.1) is 6.92 Å². The van der Waals surface area contributed by atoms with E-state index in [4.69, 9.17) is 0 Å². The van der Waals surface area contributed by atoms with Gasteiger partial charge in [0.25, 0.3) is 5.91 Å². The maximum absolute atomic E-state index is 13.1. The molecule has 4 rings (SSSR count). The summed E-state index contributed by atoms with van der Waals surface area (Å²) >= 11 is 0. The number of benzene rings is 2. The summed E-state index contributed by atoms with van der Waals surface area (Å²) in [5.41, 5.74) is 2.53. The minimum atomic E-state index is -3.62. The van der Waals surface area contributed by atoms with E-state index >= 15 is 0 Å². The Kier molecular flexibility index (Phi) is 6.72. The number of amides is 1. The number of rotatable bonds is 6. The number of carbonyl (C=O) groups excluding carboxylic acids is 1. The van der Waals surface area contributed by atoms with Gasteiger partial charge < -0.3 is 5.32 Å². The van der Waals surface area contributed by atoms with Crippen LogP contribution in [0.25, 0.3) is 0 Å². The third kappa shape index (κ3) is 5.08. The zero-order valence-electron chi connectivity index (χ0n) is 18.2. The van der Waals surface area contributed by atoms with Gasteiger partial charge in [0, 0.05) is 24.7 Å². The first-order valence-corrected chi connectivity index (χ1v) is 12.4. The highest BCUT2D eigenvalue weighted by molar-refractivity contribution is 7.89. The van der Waals surface area contributed by atoms with Crippen LogP contribution in [-0.4, -0.2) is 41.5 Å². The minimum absolute atomic E-state index is 0.153. The van der Waals surface area contributed by atoms with Gasteiger partial charge in [-0.25, -0.2) is 13.1 Å². The molecule has 1 fully saturated rings. The average molecular weight is 453 g/mol. The standard InChI is InChI=1S/C24H28N4O3S/c1-19-8-6-9-20(16-19)18-28-23(12-13-25-28)26-24(29)21-10-7-11-22(17-21)32(30,31)27-14-4-2-3-5-15-27/h6-13,16-17H,2-5,14-15,18H2,1H3,(H,26,29). The number of nitrogens with one attached hydrogen (secondary N) is 1. The first-order valence-electron chi connectivity index (χ1n) is 10.9. The van der Waals surface area contributed by atoms with E-state index in [2.05, 4.69) is 16.5 Å². The molecule has 0 bridgehead atoms. The van der Waals surface area contributed by atoms with Crippen LogP contribution < -0.4 is 5.32 Å². The molecule has 0 saturated carbocycles. The fourth-order valence-corrected chi connectivity index (χ4v) is 5.53. The van der Waals surface area contributed by atoms with Crippen LogP contribution in [-0.2, 0) is 16.6 Å². The lowest BCUT2D eigenvalue weighted by molar-refractivity contribution is 0.102. The molecule has 1 N–H and O–H groups in total. The third-order valence-corrected chi connectivity index (χ3v) is 7.57. The summed E-state index contributed by atoms with van der Waals surface area (Å²) in [6.45, 7) is 3.60. The smallest absolute Gasteiger partial charge is 0.256 e. The van der Waals surface area contributed by atoms with E-state index in [0.717, 1.165) is 36.8 Å². The number of aromatic nitrogens is 2. The monoisotopic (exact) mass is 452 g/mol. The molecule has 1 saturated heterocycles. The second kappa shape index (κ2) is 9.67. The van der Waals surface area contributed by atoms with E-state index in [9.17, 15) is 13.2 Å². The number of sulfonamides is 1. The van der Waals surface area contributed by atoms with E-state index < -0.39 is 10.0 Å². The summed E-state index contributed by atoms with van der Waals surface area (Å²) in [7, 11) is -3.62. The second-order valence-electron chi connectivity index (χ2n) is 8.16. The first kappa shape index (κ1) is 22.2. The average Bonchev–Trinajstić information content (AvgIpc) is 3.02. The number of hydrogen-bond acceptors (Lipinski definition) is 4. The Hall–Kier alpha value is -2.97. The molecule has 0 aliphatic carbocycles. The van der Waals surface area contributed by atoms with E-state index in [1.165, 1.54) is 10.4 Å². The first-order chi connectivity index (χ1) is 15.4. The van der Waals surface area contributed by atoms with Gasteiger partial charge in [0.1, 0.15) is 5.82 Å². The van der Waals surface area contributed by atoms with Crippen molar-refractivity contribution < 1.29 is 13.2 Å². The van der Waals surface area contributed by atoms with E-state index in [1.54, 1.807) is 35.1 Å². The lowest BCUT2D eigenvalue weighted by Crippen LogP contribution is -2.32. The number of aryl methyl sites for hydroxylation is 1. The Labute approximate surface area is 189 Å². The van der Waals surface area contributed by atoms with Gasteiger partial charge in [-0.3, -0.25) is 4.79 Å². The van der Waals surface area contributed by atoms with Gasteiger partial charge in [0.15, 0.2) is 0 Å². The summed E-state index contributed by atoms with van der Waals surface area (Å²) in [4.78, 5) is 13.1. The SMILES string of the molecule is Cc1cccc(Cn2nccc2NC(=O)c2cccc(S(=O)(=O)N3CCCCCC3)c2)c1. The molecule has 1 aliphatic rings. The minimum Gasteiger partial charge on any atom is -0.307 e. The van der Waals surface area contributed by atoms with E-state index in [1.807, 2.05) is 25.1 Å². The van der Waals surface area contributed by atoms with Crippen molar-refractivity contribution in [1.82, 2.24) is 14.1 Å². The van der Waals surface area contributed by atoms with Crippen LogP contribution in [0.4, 0.5) is 5.82 Å². The fourth-order valence-electron chi connectivity index (χ4n) is 3.97. The van der Waals surface area contributed by atoms with Gasteiger partial charge in [-0.2, -0.15) is 9.40 Å². The van der Waals surface area contributed by atoms with Crippen LogP contribution in [0.5, 0.6) is 0 Å². The van der Waals surface area contributed by atoms with Crippen molar-refractivity contribution in [2.45, 2.75) is 44.0 Å². The molecule has 8 heteroatoms. The maximum Gasteiger partial charge on any atom is 0.256 e. The third-order valence-electron chi connectivity index (χ3n) is 5.67. The van der Waals surface area contributed by atoms with Crippen LogP contribution in [0.2, 0.25) is 0 Å². The highest BCUT2D eigenvalue weighted by atomic mass is 32.2. The Balaban J connectivity index is 1.51. The number of nitrogens with zero attached hydrogens (tertiary/aromatic N) is 3. The van der Waals surface area contributed by atoms with Crippen molar-refractivity contribution in [1.29, 1.82) is 0 Å². The highest BCUT2D eigenvalue weighted by Crippen LogP contribution is 2.22. The molecule has 0 spiro atoms. The molecule has 168 valence electrons. The van der Waals surface area contributed by atoms with Crippen LogP contribution in [0.3, 0.4) is 0 Å². The normalized spacial score (nSPS) is 15.3. The summed E-state index contributed by atoms with van der Waals surface area (Å²) in [6, 6.07) is 16.1. The maximum atomic E-state index is 13.1. The van der Waals surface area contributed by atoms with Crippen molar-refractivity contribution in [3.63, 3.8) is 0 Å². The van der Waals surface area contributed by atoms with Gasteiger partial charge in [-0.1, -0.05) is 48.7 Å². The Morgan fingerprint density at radius 2 is 1.75 bits per heavy atom. The van der Waals surface area contributed by atoms with Crippen LogP contribution in [0.1, 0.15) is 47.2 Å². The molecule has 1 amide bonds. The van der Waals surface area contributed by atoms with Crippen LogP contribution in [0.15, 0.2) is 65.7 Å². The summed E-state index contributed by atoms with van der Waals surface area (Å²) in [6.07, 6.45) is 5.45. The molecule has 32 heavy (non-hydrogen) atoms. The molecule has 0 unspecified atom stereocenters. The van der Waals surface area contributed by atoms with Crippen molar-refractivity contribution in [3.8, 4) is 0 Å². The molecule has 1 aromatic heterocycles. The second-order valence-corrected chi connectivity index (χ2v) is 10.1. The molecule has 0 atom stereocenters. The van der Waals surface area contributed by atoms with Crippen molar-refractivity contribution >= 4 is 21.7 Å². The predicted molar refractivity (Wildman–Crippen MR) is 124 cm³/mol. The number of anilines is 1. The molecule has 3 aromatic rings. The van der Waals surface area contributed by atoms with Gasteiger partial charge in [0.2, 0.25) is 10.0 Å².